The predicted octanol–water partition coefficient (Wildman–Crippen LogP) is 3.28. The summed E-state index contributed by atoms with van der Waals surface area (Å²) in [5.41, 5.74) is 4.48. The summed E-state index contributed by atoms with van der Waals surface area (Å²) in [7, 11) is 0. The van der Waals surface area contributed by atoms with Crippen molar-refractivity contribution in [2.45, 2.75) is 44.7 Å². The number of hydrogen-bond acceptors (Lipinski definition) is 3. The molecule has 2 aromatic carbocycles. The number of benzene rings is 2. The summed E-state index contributed by atoms with van der Waals surface area (Å²) in [6.45, 7) is 2.67. The third-order valence-corrected chi connectivity index (χ3v) is 5.65. The zero-order chi connectivity index (χ0) is 17.9. The van der Waals surface area contributed by atoms with Gasteiger partial charge in [0.15, 0.2) is 0 Å². The van der Waals surface area contributed by atoms with Crippen molar-refractivity contribution >= 4 is 5.91 Å². The van der Waals surface area contributed by atoms with Gasteiger partial charge < -0.3 is 10.4 Å². The van der Waals surface area contributed by atoms with Crippen LogP contribution in [0.3, 0.4) is 0 Å². The predicted molar refractivity (Wildman–Crippen MR) is 102 cm³/mol. The number of carbonyl (C=O) groups is 1. The van der Waals surface area contributed by atoms with Gasteiger partial charge in [-0.2, -0.15) is 0 Å². The summed E-state index contributed by atoms with van der Waals surface area (Å²) in [5.74, 6) is 0.450. The van der Waals surface area contributed by atoms with Crippen molar-refractivity contribution in [3.05, 3.63) is 64.7 Å². The van der Waals surface area contributed by atoms with Crippen LogP contribution in [0.1, 0.15) is 46.3 Å². The first-order chi connectivity index (χ1) is 12.7. The van der Waals surface area contributed by atoms with Crippen LogP contribution >= 0.6 is 0 Å². The molecule has 26 heavy (non-hydrogen) atoms. The Morgan fingerprint density at radius 3 is 2.50 bits per heavy atom. The molecular formula is C22H26N2O2. The fourth-order valence-corrected chi connectivity index (χ4v) is 4.12. The summed E-state index contributed by atoms with van der Waals surface area (Å²) in [6.07, 6.45) is 5.32. The minimum Gasteiger partial charge on any atom is -0.508 e. The summed E-state index contributed by atoms with van der Waals surface area (Å²) < 4.78 is 0. The molecule has 1 saturated heterocycles. The molecule has 136 valence electrons. The quantitative estimate of drug-likeness (QED) is 0.890. The van der Waals surface area contributed by atoms with Crippen molar-refractivity contribution < 1.29 is 9.90 Å². The Morgan fingerprint density at radius 2 is 1.77 bits per heavy atom. The highest BCUT2D eigenvalue weighted by atomic mass is 16.3. The molecule has 0 saturated carbocycles. The number of phenolic OH excluding ortho intramolecular Hbond substituents is 1. The Kier molecular flexibility index (Phi) is 4.93. The van der Waals surface area contributed by atoms with Gasteiger partial charge in [-0.3, -0.25) is 9.69 Å². The number of nitrogens with zero attached hydrogens (tertiary/aromatic N) is 1. The maximum atomic E-state index is 12.3. The van der Waals surface area contributed by atoms with Gasteiger partial charge in [0.1, 0.15) is 5.75 Å². The van der Waals surface area contributed by atoms with E-state index in [1.54, 1.807) is 0 Å². The Balaban J connectivity index is 1.31. The average Bonchev–Trinajstić information content (AvgIpc) is 3.11. The van der Waals surface area contributed by atoms with E-state index in [0.29, 0.717) is 5.75 Å². The molecule has 0 radical (unpaired) electrons. The van der Waals surface area contributed by atoms with Crippen LogP contribution in [0.25, 0.3) is 0 Å². The maximum Gasteiger partial charge on any atom is 0.251 e. The van der Waals surface area contributed by atoms with E-state index in [4.69, 9.17) is 0 Å². The lowest BCUT2D eigenvalue weighted by Crippen LogP contribution is -2.44. The number of nitrogens with one attached hydrogen (secondary N) is 1. The number of aromatic hydroxyl groups is 1. The summed E-state index contributed by atoms with van der Waals surface area (Å²) >= 11 is 0. The lowest BCUT2D eigenvalue weighted by molar-refractivity contribution is 0.0909. The highest BCUT2D eigenvalue weighted by molar-refractivity contribution is 5.94. The van der Waals surface area contributed by atoms with Crippen molar-refractivity contribution in [1.82, 2.24) is 10.2 Å². The number of carbonyl (C=O) groups excluding carboxylic acids is 1. The minimum absolute atomic E-state index is 0.0142. The van der Waals surface area contributed by atoms with Crippen molar-refractivity contribution in [1.29, 1.82) is 0 Å². The van der Waals surface area contributed by atoms with E-state index in [1.165, 1.54) is 17.5 Å². The molecule has 4 rings (SSSR count). The maximum absolute atomic E-state index is 12.3. The van der Waals surface area contributed by atoms with Crippen LogP contribution in [0.4, 0.5) is 0 Å². The molecule has 2 aliphatic rings. The monoisotopic (exact) mass is 350 g/mol. The molecule has 0 unspecified atom stereocenters. The van der Waals surface area contributed by atoms with Crippen LogP contribution < -0.4 is 5.32 Å². The molecule has 1 amide bonds. The van der Waals surface area contributed by atoms with Crippen LogP contribution in [0.15, 0.2) is 42.5 Å². The highest BCUT2D eigenvalue weighted by Gasteiger charge is 2.22. The number of hydrogen-bond donors (Lipinski definition) is 2. The normalized spacial score (nSPS) is 17.8. The van der Waals surface area contributed by atoms with Gasteiger partial charge in [0, 0.05) is 36.8 Å². The van der Waals surface area contributed by atoms with Crippen LogP contribution in [0.5, 0.6) is 5.75 Å². The summed E-state index contributed by atoms with van der Waals surface area (Å²) in [6, 6.07) is 13.8. The van der Waals surface area contributed by atoms with Crippen molar-refractivity contribution in [3.8, 4) is 5.75 Å². The molecule has 1 aliphatic heterocycles. The van der Waals surface area contributed by atoms with Crippen molar-refractivity contribution in [3.63, 3.8) is 0 Å². The first kappa shape index (κ1) is 17.1. The van der Waals surface area contributed by atoms with Gasteiger partial charge >= 0.3 is 0 Å². The minimum atomic E-state index is 0.0142. The fraction of sp³-hybridized carbons (Fsp3) is 0.409. The molecule has 2 N–H and O–H groups in total. The zero-order valence-electron chi connectivity index (χ0n) is 15.1. The van der Waals surface area contributed by atoms with Crippen LogP contribution in [0.2, 0.25) is 0 Å². The Morgan fingerprint density at radius 1 is 1.08 bits per heavy atom. The summed E-state index contributed by atoms with van der Waals surface area (Å²) in [5, 5.41) is 13.5. The average molecular weight is 350 g/mol. The molecule has 4 heteroatoms. The smallest absolute Gasteiger partial charge is 0.251 e. The van der Waals surface area contributed by atoms with Crippen molar-refractivity contribution in [2.75, 3.05) is 13.1 Å². The second-order valence-corrected chi connectivity index (χ2v) is 7.49. The first-order valence-electron chi connectivity index (χ1n) is 9.61. The molecule has 0 atom stereocenters. The number of fused-ring (bicyclic) bond motifs is 1. The topological polar surface area (TPSA) is 52.6 Å². The lowest BCUT2D eigenvalue weighted by Gasteiger charge is -2.32. The Bertz CT molecular complexity index is 780. The van der Waals surface area contributed by atoms with Gasteiger partial charge in [-0.15, -0.1) is 0 Å². The molecule has 0 spiro atoms. The molecule has 1 fully saturated rings. The van der Waals surface area contributed by atoms with Gasteiger partial charge in [-0.1, -0.05) is 24.3 Å². The first-order valence-corrected chi connectivity index (χ1v) is 9.61. The molecule has 1 heterocycles. The third-order valence-electron chi connectivity index (χ3n) is 5.65. The molecule has 2 aromatic rings. The fourth-order valence-electron chi connectivity index (χ4n) is 4.12. The molecular weight excluding hydrogens is 324 g/mol. The van der Waals surface area contributed by atoms with Gasteiger partial charge in [0.2, 0.25) is 0 Å². The molecule has 1 aliphatic carbocycles. The van der Waals surface area contributed by atoms with Gasteiger partial charge in [-0.05, 0) is 61.4 Å². The third kappa shape index (κ3) is 3.75. The number of likely N-dealkylation sites (tertiary alicyclic amines) is 1. The van der Waals surface area contributed by atoms with Gasteiger partial charge in [-0.25, -0.2) is 0 Å². The highest BCUT2D eigenvalue weighted by Crippen LogP contribution is 2.30. The van der Waals surface area contributed by atoms with E-state index in [9.17, 15) is 9.90 Å². The molecule has 0 aromatic heterocycles. The number of rotatable bonds is 4. The van der Waals surface area contributed by atoms with Crippen LogP contribution in [-0.2, 0) is 19.4 Å². The van der Waals surface area contributed by atoms with Crippen LogP contribution in [0, 0.1) is 0 Å². The second-order valence-electron chi connectivity index (χ2n) is 7.49. The standard InChI is InChI=1S/C22H26N2O2/c25-21-14-18-8-4-7-17(18)13-19(21)15-24-11-9-20(10-12-24)23-22(26)16-5-2-1-3-6-16/h1-3,5-6,13-14,20,25H,4,7-12,15H2,(H,23,26). The Hall–Kier alpha value is -2.33. The van der Waals surface area contributed by atoms with E-state index in [-0.39, 0.29) is 11.9 Å². The zero-order valence-corrected chi connectivity index (χ0v) is 15.1. The van der Waals surface area contributed by atoms with E-state index < -0.39 is 0 Å². The van der Waals surface area contributed by atoms with E-state index in [2.05, 4.69) is 16.3 Å². The van der Waals surface area contributed by atoms with Crippen molar-refractivity contribution in [2.24, 2.45) is 0 Å². The largest absolute Gasteiger partial charge is 0.508 e. The number of phenols is 1. The number of piperidine rings is 1. The van der Waals surface area contributed by atoms with Crippen LogP contribution in [-0.4, -0.2) is 35.0 Å². The number of aryl methyl sites for hydroxylation is 2. The number of amides is 1. The second kappa shape index (κ2) is 7.50. The summed E-state index contributed by atoms with van der Waals surface area (Å²) in [4.78, 5) is 14.7. The molecule has 0 bridgehead atoms. The van der Waals surface area contributed by atoms with Gasteiger partial charge in [0.05, 0.1) is 0 Å². The Labute approximate surface area is 154 Å². The van der Waals surface area contributed by atoms with E-state index in [1.807, 2.05) is 36.4 Å². The SMILES string of the molecule is O=C(NC1CCN(Cc2cc3c(cc2O)CCC3)CC1)c1ccccc1. The van der Waals surface area contributed by atoms with Gasteiger partial charge in [0.25, 0.3) is 5.91 Å². The van der Waals surface area contributed by atoms with E-state index in [0.717, 1.165) is 56.4 Å². The molecule has 4 nitrogen and oxygen atoms in total. The lowest BCUT2D eigenvalue weighted by atomic mass is 10.0. The van der Waals surface area contributed by atoms with E-state index >= 15 is 0 Å².